The highest BCUT2D eigenvalue weighted by molar-refractivity contribution is 8.15. The molecule has 186 valence electrons. The quantitative estimate of drug-likeness (QED) is 0.521. The lowest BCUT2D eigenvalue weighted by molar-refractivity contribution is -0.128. The Labute approximate surface area is 217 Å². The third-order valence-corrected chi connectivity index (χ3v) is 7.62. The number of anilines is 1. The van der Waals surface area contributed by atoms with E-state index in [-0.39, 0.29) is 29.1 Å². The summed E-state index contributed by atoms with van der Waals surface area (Å²) in [5.74, 6) is -0.887. The van der Waals surface area contributed by atoms with Gasteiger partial charge in [-0.2, -0.15) is 0 Å². The number of nitrogens with zero attached hydrogens (tertiary/aromatic N) is 3. The monoisotopic (exact) mass is 538 g/mol. The molecule has 2 fully saturated rings. The molecule has 4 rings (SSSR count). The molecule has 35 heavy (non-hydrogen) atoms. The van der Waals surface area contributed by atoms with Gasteiger partial charge < -0.3 is 10.1 Å². The number of carbonyl (C=O) groups is 2. The zero-order valence-electron chi connectivity index (χ0n) is 18.9. The maximum Gasteiger partial charge on any atom is 0.242 e. The lowest BCUT2D eigenvalue weighted by Crippen LogP contribution is -2.39. The number of amides is 2. The zero-order valence-corrected chi connectivity index (χ0v) is 21.2. The van der Waals surface area contributed by atoms with Crippen molar-refractivity contribution in [2.75, 3.05) is 44.7 Å². The first-order chi connectivity index (χ1) is 16.9. The Morgan fingerprint density at radius 3 is 2.63 bits per heavy atom. The minimum absolute atomic E-state index is 0.0469. The molecule has 1 N–H and O–H groups in total. The van der Waals surface area contributed by atoms with Crippen LogP contribution in [0.4, 0.5) is 15.8 Å². The van der Waals surface area contributed by atoms with Gasteiger partial charge in [0.05, 0.1) is 34.6 Å². The van der Waals surface area contributed by atoms with Crippen LogP contribution in [0.3, 0.4) is 0 Å². The summed E-state index contributed by atoms with van der Waals surface area (Å²) in [4.78, 5) is 34.5. The highest BCUT2D eigenvalue weighted by Gasteiger charge is 2.39. The Morgan fingerprint density at radius 2 is 1.89 bits per heavy atom. The molecule has 2 saturated heterocycles. The van der Waals surface area contributed by atoms with Crippen LogP contribution in [0.25, 0.3) is 0 Å². The first-order valence-corrected chi connectivity index (χ1v) is 12.9. The summed E-state index contributed by atoms with van der Waals surface area (Å²) < 4.78 is 18.7. The number of hydrogen-bond acceptors (Lipinski definition) is 6. The third kappa shape index (κ3) is 6.95. The van der Waals surface area contributed by atoms with Gasteiger partial charge in [-0.25, -0.2) is 9.38 Å². The van der Waals surface area contributed by atoms with Crippen molar-refractivity contribution in [2.45, 2.75) is 18.1 Å². The Hall–Kier alpha value is -2.17. The Kier molecular flexibility index (Phi) is 9.02. The summed E-state index contributed by atoms with van der Waals surface area (Å²) in [6, 6.07) is 10.7. The fourth-order valence-electron chi connectivity index (χ4n) is 3.80. The molecule has 2 aromatic rings. The van der Waals surface area contributed by atoms with Crippen LogP contribution in [-0.2, 0) is 14.3 Å². The topological polar surface area (TPSA) is 74.2 Å². The summed E-state index contributed by atoms with van der Waals surface area (Å²) in [5, 5.41) is 3.18. The molecule has 11 heteroatoms. The average Bonchev–Trinajstić information content (AvgIpc) is 3.13. The molecule has 0 spiro atoms. The molecule has 0 saturated carbocycles. The number of hydrogen-bond donors (Lipinski definition) is 1. The van der Waals surface area contributed by atoms with Gasteiger partial charge in [-0.15, -0.1) is 0 Å². The van der Waals surface area contributed by atoms with E-state index in [9.17, 15) is 14.0 Å². The molecule has 0 unspecified atom stereocenters. The van der Waals surface area contributed by atoms with Crippen LogP contribution in [0.2, 0.25) is 10.0 Å². The van der Waals surface area contributed by atoms with E-state index in [0.29, 0.717) is 41.3 Å². The van der Waals surface area contributed by atoms with Crippen molar-refractivity contribution < 1.29 is 18.7 Å². The van der Waals surface area contributed by atoms with Crippen LogP contribution in [0, 0.1) is 5.82 Å². The van der Waals surface area contributed by atoms with Crippen molar-refractivity contribution in [1.29, 1.82) is 0 Å². The maximum absolute atomic E-state index is 13.3. The summed E-state index contributed by atoms with van der Waals surface area (Å²) in [6.45, 7) is 4.47. The molecule has 2 aliphatic heterocycles. The smallest absolute Gasteiger partial charge is 0.242 e. The standard InChI is InChI=1S/C24H25Cl2FN4O3S/c25-18-3-1-4-19(22(18)26)29-21(32)15-20-23(33)31(10-2-9-30-11-13-34-14-12-30)24(35-20)28-17-7-5-16(27)6-8-17/h1,3-8,20H,2,9-15H2,(H,29,32)/t20-/m0/s1. The number of ether oxygens (including phenoxy) is 1. The van der Waals surface area contributed by atoms with Gasteiger partial charge in [0.2, 0.25) is 11.8 Å². The molecule has 0 aromatic heterocycles. The van der Waals surface area contributed by atoms with E-state index in [0.717, 1.165) is 26.1 Å². The van der Waals surface area contributed by atoms with Crippen LogP contribution in [0.5, 0.6) is 0 Å². The van der Waals surface area contributed by atoms with Gasteiger partial charge in [0.25, 0.3) is 0 Å². The van der Waals surface area contributed by atoms with Crippen LogP contribution < -0.4 is 5.32 Å². The van der Waals surface area contributed by atoms with Crippen molar-refractivity contribution in [3.63, 3.8) is 0 Å². The Balaban J connectivity index is 1.44. The molecule has 2 aliphatic rings. The van der Waals surface area contributed by atoms with Crippen molar-refractivity contribution in [1.82, 2.24) is 9.80 Å². The number of amidine groups is 1. The average molecular weight is 539 g/mol. The highest BCUT2D eigenvalue weighted by Crippen LogP contribution is 2.33. The molecule has 0 radical (unpaired) electrons. The van der Waals surface area contributed by atoms with Gasteiger partial charge in [-0.05, 0) is 42.8 Å². The number of rotatable bonds is 8. The fourth-order valence-corrected chi connectivity index (χ4v) is 5.34. The lowest BCUT2D eigenvalue weighted by Gasteiger charge is -2.27. The number of nitrogens with one attached hydrogen (secondary N) is 1. The fraction of sp³-hybridized carbons (Fsp3) is 0.375. The van der Waals surface area contributed by atoms with Crippen LogP contribution >= 0.6 is 35.0 Å². The van der Waals surface area contributed by atoms with Crippen molar-refractivity contribution >= 4 is 63.3 Å². The number of benzene rings is 2. The van der Waals surface area contributed by atoms with E-state index < -0.39 is 5.25 Å². The second-order valence-electron chi connectivity index (χ2n) is 8.13. The number of morpholine rings is 1. The van der Waals surface area contributed by atoms with Crippen molar-refractivity contribution in [3.05, 3.63) is 58.3 Å². The molecule has 0 bridgehead atoms. The molecule has 1 atom stereocenters. The van der Waals surface area contributed by atoms with Gasteiger partial charge in [0, 0.05) is 32.6 Å². The van der Waals surface area contributed by atoms with Crippen LogP contribution in [0.15, 0.2) is 47.5 Å². The predicted molar refractivity (Wildman–Crippen MR) is 138 cm³/mol. The predicted octanol–water partition coefficient (Wildman–Crippen LogP) is 4.82. The van der Waals surface area contributed by atoms with Crippen LogP contribution in [-0.4, -0.2) is 71.4 Å². The number of aliphatic imine (C=N–C) groups is 1. The van der Waals surface area contributed by atoms with E-state index >= 15 is 0 Å². The van der Waals surface area contributed by atoms with Crippen molar-refractivity contribution in [2.24, 2.45) is 4.99 Å². The minimum atomic E-state index is -0.629. The Morgan fingerprint density at radius 1 is 1.14 bits per heavy atom. The second-order valence-corrected chi connectivity index (χ2v) is 10.1. The minimum Gasteiger partial charge on any atom is -0.379 e. The third-order valence-electron chi connectivity index (χ3n) is 5.63. The molecule has 0 aliphatic carbocycles. The van der Waals surface area contributed by atoms with Gasteiger partial charge in [0.15, 0.2) is 5.17 Å². The molecular weight excluding hydrogens is 514 g/mol. The van der Waals surface area contributed by atoms with Crippen LogP contribution in [0.1, 0.15) is 12.8 Å². The first-order valence-electron chi connectivity index (χ1n) is 11.3. The Bertz CT molecular complexity index is 1100. The maximum atomic E-state index is 13.3. The normalized spacial score (nSPS) is 20.0. The van der Waals surface area contributed by atoms with Crippen molar-refractivity contribution in [3.8, 4) is 0 Å². The molecular formula is C24H25Cl2FN4O3S. The van der Waals surface area contributed by atoms with E-state index in [2.05, 4.69) is 15.2 Å². The number of thioether (sulfide) groups is 1. The largest absolute Gasteiger partial charge is 0.379 e. The zero-order chi connectivity index (χ0) is 24.8. The summed E-state index contributed by atoms with van der Waals surface area (Å²) in [7, 11) is 0. The molecule has 7 nitrogen and oxygen atoms in total. The summed E-state index contributed by atoms with van der Waals surface area (Å²) in [5.41, 5.74) is 0.929. The van der Waals surface area contributed by atoms with E-state index in [1.54, 1.807) is 35.2 Å². The van der Waals surface area contributed by atoms with E-state index in [4.69, 9.17) is 27.9 Å². The van der Waals surface area contributed by atoms with Gasteiger partial charge >= 0.3 is 0 Å². The summed E-state index contributed by atoms with van der Waals surface area (Å²) >= 11 is 13.4. The SMILES string of the molecule is O=C(C[C@@H]1SC(=Nc2ccc(F)cc2)N(CCCN2CCOCC2)C1=O)Nc1cccc(Cl)c1Cl. The molecule has 2 heterocycles. The van der Waals surface area contributed by atoms with E-state index in [1.807, 2.05) is 0 Å². The molecule has 2 amide bonds. The van der Waals surface area contributed by atoms with E-state index in [1.165, 1.54) is 23.9 Å². The van der Waals surface area contributed by atoms with Gasteiger partial charge in [0.1, 0.15) is 11.1 Å². The first kappa shape index (κ1) is 25.9. The second kappa shape index (κ2) is 12.2. The van der Waals surface area contributed by atoms with Gasteiger partial charge in [-0.1, -0.05) is 41.0 Å². The number of carbonyl (C=O) groups excluding carboxylic acids is 2. The molecule has 2 aromatic carbocycles. The summed E-state index contributed by atoms with van der Waals surface area (Å²) in [6.07, 6.45) is 0.709. The highest BCUT2D eigenvalue weighted by atomic mass is 35.5. The lowest BCUT2D eigenvalue weighted by atomic mass is 10.2. The number of halogens is 3. The van der Waals surface area contributed by atoms with Gasteiger partial charge in [-0.3, -0.25) is 19.4 Å².